The Bertz CT molecular complexity index is 444. The monoisotopic (exact) mass is 219 g/mol. The Hall–Kier alpha value is -1.51. The summed E-state index contributed by atoms with van der Waals surface area (Å²) in [7, 11) is 0. The number of anilines is 2. The van der Waals surface area contributed by atoms with Crippen molar-refractivity contribution in [1.29, 1.82) is 0 Å². The van der Waals surface area contributed by atoms with Crippen LogP contribution in [0, 0.1) is 0 Å². The van der Waals surface area contributed by atoms with E-state index in [9.17, 15) is 5.21 Å². The molecule has 0 aliphatic carbocycles. The van der Waals surface area contributed by atoms with E-state index in [1.807, 2.05) is 42.5 Å². The van der Waals surface area contributed by atoms with Gasteiger partial charge in [0.15, 0.2) is 0 Å². The summed E-state index contributed by atoms with van der Waals surface area (Å²) in [6.45, 7) is 0. The van der Waals surface area contributed by atoms with E-state index in [1.165, 1.54) is 0 Å². The van der Waals surface area contributed by atoms with Crippen LogP contribution in [-0.4, -0.2) is 5.21 Å². The Labute approximate surface area is 93.3 Å². The molecule has 0 heterocycles. The molecule has 0 aromatic heterocycles. The first-order valence-electron chi connectivity index (χ1n) is 4.57. The van der Waals surface area contributed by atoms with Crippen LogP contribution in [-0.2, 0) is 0 Å². The van der Waals surface area contributed by atoms with Crippen LogP contribution in [0.1, 0.15) is 0 Å². The van der Waals surface area contributed by atoms with Gasteiger partial charge in [0.2, 0.25) is 0 Å². The Balaban J connectivity index is 2.37. The standard InChI is InChI=1S/C12H10ClNO/c13-11-8-4-5-9-12(11)14(15)10-6-2-1-3-7-10/h1-9,15H. The average Bonchev–Trinajstić information content (AvgIpc) is 2.30. The van der Waals surface area contributed by atoms with E-state index in [-0.39, 0.29) is 0 Å². The Morgan fingerprint density at radius 1 is 0.867 bits per heavy atom. The molecule has 1 N–H and O–H groups in total. The molecule has 2 nitrogen and oxygen atoms in total. The van der Waals surface area contributed by atoms with E-state index in [1.54, 1.807) is 12.1 Å². The van der Waals surface area contributed by atoms with Crippen LogP contribution in [0.2, 0.25) is 5.02 Å². The number of rotatable bonds is 2. The summed E-state index contributed by atoms with van der Waals surface area (Å²) in [5.41, 5.74) is 1.26. The van der Waals surface area contributed by atoms with Crippen molar-refractivity contribution in [3.05, 3.63) is 59.6 Å². The number of hydrogen-bond donors (Lipinski definition) is 1. The highest BCUT2D eigenvalue weighted by Gasteiger charge is 2.08. The molecule has 0 amide bonds. The molecule has 0 aliphatic heterocycles. The minimum Gasteiger partial charge on any atom is -0.283 e. The average molecular weight is 220 g/mol. The number of hydrogen-bond acceptors (Lipinski definition) is 2. The summed E-state index contributed by atoms with van der Waals surface area (Å²) >= 11 is 5.97. The maximum Gasteiger partial charge on any atom is 0.0879 e. The molecular formula is C12H10ClNO. The highest BCUT2D eigenvalue weighted by molar-refractivity contribution is 6.33. The second kappa shape index (κ2) is 4.34. The summed E-state index contributed by atoms with van der Waals surface area (Å²) in [6, 6.07) is 16.4. The minimum absolute atomic E-state index is 0.517. The first kappa shape index (κ1) is 10.0. The fourth-order valence-electron chi connectivity index (χ4n) is 1.33. The van der Waals surface area contributed by atoms with Gasteiger partial charge in [0.05, 0.1) is 16.4 Å². The van der Waals surface area contributed by atoms with Gasteiger partial charge in [0.25, 0.3) is 0 Å². The second-order valence-electron chi connectivity index (χ2n) is 3.10. The van der Waals surface area contributed by atoms with Gasteiger partial charge in [-0.1, -0.05) is 41.9 Å². The van der Waals surface area contributed by atoms with Crippen LogP contribution in [0.5, 0.6) is 0 Å². The van der Waals surface area contributed by atoms with Crippen molar-refractivity contribution in [2.75, 3.05) is 5.06 Å². The lowest BCUT2D eigenvalue weighted by atomic mass is 10.2. The van der Waals surface area contributed by atoms with Crippen LogP contribution in [0.3, 0.4) is 0 Å². The maximum absolute atomic E-state index is 9.92. The lowest BCUT2D eigenvalue weighted by Gasteiger charge is -2.17. The first-order chi connectivity index (χ1) is 7.29. The summed E-state index contributed by atoms with van der Waals surface area (Å²) in [6.07, 6.45) is 0. The molecule has 0 spiro atoms. The first-order valence-corrected chi connectivity index (χ1v) is 4.95. The van der Waals surface area contributed by atoms with Gasteiger partial charge in [-0.15, -0.1) is 0 Å². The van der Waals surface area contributed by atoms with Gasteiger partial charge in [-0.3, -0.25) is 5.21 Å². The van der Waals surface area contributed by atoms with Crippen molar-refractivity contribution in [1.82, 2.24) is 0 Å². The third kappa shape index (κ3) is 2.12. The van der Waals surface area contributed by atoms with Crippen LogP contribution < -0.4 is 5.06 Å². The summed E-state index contributed by atoms with van der Waals surface area (Å²) < 4.78 is 0. The van der Waals surface area contributed by atoms with Crippen molar-refractivity contribution in [3.8, 4) is 0 Å². The molecule has 3 heteroatoms. The van der Waals surface area contributed by atoms with E-state index in [0.717, 1.165) is 5.06 Å². The van der Waals surface area contributed by atoms with Crippen molar-refractivity contribution in [2.24, 2.45) is 0 Å². The molecule has 0 unspecified atom stereocenters. The predicted molar refractivity (Wildman–Crippen MR) is 61.8 cm³/mol. The molecule has 0 atom stereocenters. The van der Waals surface area contributed by atoms with Gasteiger partial charge >= 0.3 is 0 Å². The molecule has 0 aliphatic rings. The fraction of sp³-hybridized carbons (Fsp3) is 0. The molecule has 76 valence electrons. The smallest absolute Gasteiger partial charge is 0.0879 e. The molecule has 0 saturated carbocycles. The molecule has 15 heavy (non-hydrogen) atoms. The molecular weight excluding hydrogens is 210 g/mol. The van der Waals surface area contributed by atoms with Gasteiger partial charge in [0.1, 0.15) is 0 Å². The zero-order valence-electron chi connectivity index (χ0n) is 7.97. The van der Waals surface area contributed by atoms with Gasteiger partial charge in [-0.25, -0.2) is 5.06 Å². The summed E-state index contributed by atoms with van der Waals surface area (Å²) in [4.78, 5) is 0. The second-order valence-corrected chi connectivity index (χ2v) is 3.51. The molecule has 0 radical (unpaired) electrons. The van der Waals surface area contributed by atoms with Crippen LogP contribution in [0.15, 0.2) is 54.6 Å². The molecule has 2 aromatic carbocycles. The normalized spacial score (nSPS) is 10.0. The number of halogens is 1. The van der Waals surface area contributed by atoms with Crippen molar-refractivity contribution >= 4 is 23.0 Å². The Kier molecular flexibility index (Phi) is 2.90. The summed E-state index contributed by atoms with van der Waals surface area (Å²) in [5.74, 6) is 0. The fourth-order valence-corrected chi connectivity index (χ4v) is 1.55. The quantitative estimate of drug-likeness (QED) is 0.776. The van der Waals surface area contributed by atoms with E-state index in [0.29, 0.717) is 16.4 Å². The SMILES string of the molecule is ON(c1ccccc1)c1ccccc1Cl. The van der Waals surface area contributed by atoms with E-state index < -0.39 is 0 Å². The highest BCUT2D eigenvalue weighted by Crippen LogP contribution is 2.29. The zero-order valence-corrected chi connectivity index (χ0v) is 8.72. The van der Waals surface area contributed by atoms with E-state index in [2.05, 4.69) is 0 Å². The van der Waals surface area contributed by atoms with Gasteiger partial charge in [-0.05, 0) is 24.3 Å². The van der Waals surface area contributed by atoms with Crippen LogP contribution in [0.4, 0.5) is 11.4 Å². The van der Waals surface area contributed by atoms with Crippen molar-refractivity contribution in [2.45, 2.75) is 0 Å². The van der Waals surface area contributed by atoms with Gasteiger partial charge in [-0.2, -0.15) is 0 Å². The van der Waals surface area contributed by atoms with Crippen molar-refractivity contribution in [3.63, 3.8) is 0 Å². The maximum atomic E-state index is 9.92. The van der Waals surface area contributed by atoms with E-state index >= 15 is 0 Å². The predicted octanol–water partition coefficient (Wildman–Crippen LogP) is 3.87. The third-order valence-corrected chi connectivity index (χ3v) is 2.40. The molecule has 2 rings (SSSR count). The topological polar surface area (TPSA) is 23.5 Å². The summed E-state index contributed by atoms with van der Waals surface area (Å²) in [5, 5.41) is 11.5. The molecule has 0 bridgehead atoms. The van der Waals surface area contributed by atoms with Gasteiger partial charge in [0, 0.05) is 0 Å². The number of para-hydroxylation sites is 2. The van der Waals surface area contributed by atoms with Crippen LogP contribution in [0.25, 0.3) is 0 Å². The zero-order chi connectivity index (χ0) is 10.7. The van der Waals surface area contributed by atoms with Crippen molar-refractivity contribution < 1.29 is 5.21 Å². The molecule has 0 saturated heterocycles. The van der Waals surface area contributed by atoms with E-state index in [4.69, 9.17) is 11.6 Å². The highest BCUT2D eigenvalue weighted by atomic mass is 35.5. The molecule has 0 fully saturated rings. The molecule has 2 aromatic rings. The Morgan fingerprint density at radius 2 is 1.47 bits per heavy atom. The Morgan fingerprint density at radius 3 is 2.13 bits per heavy atom. The largest absolute Gasteiger partial charge is 0.283 e. The number of nitrogens with zero attached hydrogens (tertiary/aromatic N) is 1. The van der Waals surface area contributed by atoms with Gasteiger partial charge < -0.3 is 0 Å². The number of benzene rings is 2. The third-order valence-electron chi connectivity index (χ3n) is 2.08. The van der Waals surface area contributed by atoms with Crippen LogP contribution >= 0.6 is 11.6 Å². The lowest BCUT2D eigenvalue weighted by Crippen LogP contribution is -2.10. The minimum atomic E-state index is 0.517. The lowest BCUT2D eigenvalue weighted by molar-refractivity contribution is 0.301.